The van der Waals surface area contributed by atoms with Crippen LogP contribution in [-0.4, -0.2) is 28.0 Å². The molecule has 0 fully saturated rings. The molecule has 2 N–H and O–H groups in total. The van der Waals surface area contributed by atoms with Crippen LogP contribution in [0.15, 0.2) is 87.5 Å². The smallest absolute Gasteiger partial charge is 0.241 e. The third kappa shape index (κ3) is 5.01. The maximum absolute atomic E-state index is 13.2. The molecule has 0 aromatic heterocycles. The standard InChI is InChI=1S/C22H22FNO5S2/c1-15-8-11-20(30(26,27)19-12-9-18(23)10-13-19)14-21(15)31(28,29)24-16(2)22(25)17-6-4-3-5-7-17/h3-14,16,22,24-25H,1-2H3. The van der Waals surface area contributed by atoms with E-state index in [9.17, 15) is 26.3 Å². The third-order valence-electron chi connectivity index (χ3n) is 4.84. The van der Waals surface area contributed by atoms with E-state index in [1.165, 1.54) is 19.1 Å². The van der Waals surface area contributed by atoms with Gasteiger partial charge < -0.3 is 5.11 Å². The van der Waals surface area contributed by atoms with E-state index in [4.69, 9.17) is 0 Å². The van der Waals surface area contributed by atoms with Gasteiger partial charge in [-0.25, -0.2) is 25.9 Å². The Morgan fingerprint density at radius 3 is 2.06 bits per heavy atom. The molecule has 0 aliphatic heterocycles. The molecule has 0 amide bonds. The number of benzene rings is 3. The highest BCUT2D eigenvalue weighted by Crippen LogP contribution is 2.26. The lowest BCUT2D eigenvalue weighted by Crippen LogP contribution is -2.37. The molecule has 6 nitrogen and oxygen atoms in total. The Labute approximate surface area is 181 Å². The van der Waals surface area contributed by atoms with Crippen LogP contribution in [0.5, 0.6) is 0 Å². The van der Waals surface area contributed by atoms with Crippen LogP contribution < -0.4 is 4.72 Å². The molecule has 3 aromatic rings. The molecule has 3 aromatic carbocycles. The minimum Gasteiger partial charge on any atom is -0.387 e. The molecule has 0 aliphatic rings. The quantitative estimate of drug-likeness (QED) is 0.524. The Balaban J connectivity index is 1.94. The van der Waals surface area contributed by atoms with Crippen LogP contribution in [0.3, 0.4) is 0 Å². The number of sulfone groups is 1. The van der Waals surface area contributed by atoms with Crippen molar-refractivity contribution in [2.24, 2.45) is 0 Å². The number of aliphatic hydroxyl groups excluding tert-OH is 1. The molecule has 9 heteroatoms. The van der Waals surface area contributed by atoms with Gasteiger partial charge in [-0.2, -0.15) is 0 Å². The molecule has 0 saturated carbocycles. The summed E-state index contributed by atoms with van der Waals surface area (Å²) in [7, 11) is -8.20. The molecule has 0 heterocycles. The average Bonchev–Trinajstić information content (AvgIpc) is 2.73. The van der Waals surface area contributed by atoms with Crippen molar-refractivity contribution in [1.29, 1.82) is 0 Å². The number of nitrogens with one attached hydrogen (secondary N) is 1. The fourth-order valence-electron chi connectivity index (χ4n) is 3.10. The van der Waals surface area contributed by atoms with Gasteiger partial charge in [0.1, 0.15) is 5.82 Å². The van der Waals surface area contributed by atoms with Crippen molar-refractivity contribution in [3.05, 3.63) is 89.7 Å². The predicted molar refractivity (Wildman–Crippen MR) is 114 cm³/mol. The lowest BCUT2D eigenvalue weighted by molar-refractivity contribution is 0.146. The van der Waals surface area contributed by atoms with Gasteiger partial charge in [0.15, 0.2) is 0 Å². The van der Waals surface area contributed by atoms with Crippen LogP contribution in [-0.2, 0) is 19.9 Å². The third-order valence-corrected chi connectivity index (χ3v) is 8.31. The van der Waals surface area contributed by atoms with E-state index in [0.29, 0.717) is 11.1 Å². The first kappa shape index (κ1) is 23.1. The van der Waals surface area contributed by atoms with Gasteiger partial charge in [0.05, 0.1) is 20.8 Å². The van der Waals surface area contributed by atoms with E-state index in [2.05, 4.69) is 4.72 Å². The summed E-state index contributed by atoms with van der Waals surface area (Å²) in [5, 5.41) is 10.5. The van der Waals surface area contributed by atoms with Gasteiger partial charge in [0.2, 0.25) is 19.9 Å². The van der Waals surface area contributed by atoms with Crippen LogP contribution in [0.1, 0.15) is 24.2 Å². The summed E-state index contributed by atoms with van der Waals surface area (Å²) in [6.45, 7) is 3.06. The summed E-state index contributed by atoms with van der Waals surface area (Å²) in [6, 6.07) is 15.8. The lowest BCUT2D eigenvalue weighted by atomic mass is 10.0. The molecule has 2 unspecified atom stereocenters. The van der Waals surface area contributed by atoms with Crippen LogP contribution >= 0.6 is 0 Å². The molecule has 2 atom stereocenters. The zero-order valence-electron chi connectivity index (χ0n) is 16.9. The van der Waals surface area contributed by atoms with Gasteiger partial charge in [-0.15, -0.1) is 0 Å². The summed E-state index contributed by atoms with van der Waals surface area (Å²) in [4.78, 5) is -0.605. The van der Waals surface area contributed by atoms with Crippen LogP contribution in [0.4, 0.5) is 4.39 Å². The molecule has 0 saturated heterocycles. The normalized spacial score (nSPS) is 14.2. The second kappa shape index (κ2) is 8.88. The van der Waals surface area contributed by atoms with Crippen molar-refractivity contribution >= 4 is 19.9 Å². The van der Waals surface area contributed by atoms with Crippen LogP contribution in [0, 0.1) is 12.7 Å². The maximum Gasteiger partial charge on any atom is 0.241 e. The lowest BCUT2D eigenvalue weighted by Gasteiger charge is -2.21. The Morgan fingerprint density at radius 1 is 0.871 bits per heavy atom. The van der Waals surface area contributed by atoms with Gasteiger partial charge in [0, 0.05) is 6.04 Å². The topological polar surface area (TPSA) is 101 Å². The number of hydrogen-bond donors (Lipinski definition) is 2. The second-order valence-corrected chi connectivity index (χ2v) is 10.8. The molecule has 3 rings (SSSR count). The fraction of sp³-hybridized carbons (Fsp3) is 0.182. The number of aliphatic hydroxyl groups is 1. The molecule has 31 heavy (non-hydrogen) atoms. The number of sulfonamides is 1. The summed E-state index contributed by atoms with van der Waals surface area (Å²) in [6.07, 6.45) is -1.09. The van der Waals surface area contributed by atoms with Gasteiger partial charge in [0.25, 0.3) is 0 Å². The summed E-state index contributed by atoms with van der Waals surface area (Å²) in [5.41, 5.74) is 0.883. The summed E-state index contributed by atoms with van der Waals surface area (Å²) < 4.78 is 67.3. The molecule has 0 aliphatic carbocycles. The van der Waals surface area contributed by atoms with Crippen molar-refractivity contribution in [3.63, 3.8) is 0 Å². The highest BCUT2D eigenvalue weighted by molar-refractivity contribution is 7.91. The summed E-state index contributed by atoms with van der Waals surface area (Å²) >= 11 is 0. The molecular formula is C22H22FNO5S2. The van der Waals surface area contributed by atoms with Crippen molar-refractivity contribution < 1.29 is 26.3 Å². The SMILES string of the molecule is Cc1ccc(S(=O)(=O)c2ccc(F)cc2)cc1S(=O)(=O)NC(C)C(O)c1ccccc1. The first-order chi connectivity index (χ1) is 14.5. The van der Waals surface area contributed by atoms with Gasteiger partial charge in [-0.1, -0.05) is 36.4 Å². The molecular weight excluding hydrogens is 441 g/mol. The molecule has 0 spiro atoms. The van der Waals surface area contributed by atoms with Crippen molar-refractivity contribution in [2.75, 3.05) is 0 Å². The highest BCUT2D eigenvalue weighted by atomic mass is 32.2. The Bertz CT molecular complexity index is 1280. The number of rotatable bonds is 7. The number of aryl methyl sites for hydroxylation is 1. The number of hydrogen-bond acceptors (Lipinski definition) is 5. The van der Waals surface area contributed by atoms with Crippen molar-refractivity contribution in [3.8, 4) is 0 Å². The molecule has 0 bridgehead atoms. The Morgan fingerprint density at radius 2 is 1.45 bits per heavy atom. The number of halogens is 1. The first-order valence-electron chi connectivity index (χ1n) is 9.39. The van der Waals surface area contributed by atoms with Gasteiger partial charge in [-0.05, 0) is 61.4 Å². The van der Waals surface area contributed by atoms with Gasteiger partial charge >= 0.3 is 0 Å². The van der Waals surface area contributed by atoms with Crippen molar-refractivity contribution in [2.45, 2.75) is 40.7 Å². The van der Waals surface area contributed by atoms with Crippen LogP contribution in [0.2, 0.25) is 0 Å². The maximum atomic E-state index is 13.2. The zero-order chi connectivity index (χ0) is 22.8. The highest BCUT2D eigenvalue weighted by Gasteiger charge is 2.27. The monoisotopic (exact) mass is 463 g/mol. The van der Waals surface area contributed by atoms with E-state index in [0.717, 1.165) is 30.3 Å². The van der Waals surface area contributed by atoms with Gasteiger partial charge in [-0.3, -0.25) is 0 Å². The second-order valence-electron chi connectivity index (χ2n) is 7.15. The van der Waals surface area contributed by atoms with E-state index in [1.54, 1.807) is 37.3 Å². The largest absolute Gasteiger partial charge is 0.387 e. The van der Waals surface area contributed by atoms with E-state index in [1.807, 2.05) is 0 Å². The van der Waals surface area contributed by atoms with Crippen molar-refractivity contribution in [1.82, 2.24) is 4.72 Å². The Hall–Kier alpha value is -2.59. The zero-order valence-corrected chi connectivity index (χ0v) is 18.5. The van der Waals surface area contributed by atoms with E-state index < -0.39 is 37.8 Å². The average molecular weight is 464 g/mol. The fourth-order valence-corrected chi connectivity index (χ4v) is 5.98. The molecule has 0 radical (unpaired) electrons. The first-order valence-corrected chi connectivity index (χ1v) is 12.4. The summed E-state index contributed by atoms with van der Waals surface area (Å²) in [5.74, 6) is -0.582. The predicted octanol–water partition coefficient (Wildman–Crippen LogP) is 3.37. The Kier molecular flexibility index (Phi) is 6.61. The van der Waals surface area contributed by atoms with E-state index >= 15 is 0 Å². The van der Waals surface area contributed by atoms with Crippen LogP contribution in [0.25, 0.3) is 0 Å². The molecule has 164 valence electrons. The minimum absolute atomic E-state index is 0.151. The minimum atomic E-state index is -4.15. The van der Waals surface area contributed by atoms with E-state index in [-0.39, 0.29) is 14.7 Å².